The van der Waals surface area contributed by atoms with Crippen molar-refractivity contribution in [3.63, 3.8) is 0 Å². The maximum absolute atomic E-state index is 13.6. The second-order valence-corrected chi connectivity index (χ2v) is 10.3. The van der Waals surface area contributed by atoms with Crippen LogP contribution in [0.5, 0.6) is 0 Å². The molecule has 38 heavy (non-hydrogen) atoms. The van der Waals surface area contributed by atoms with Gasteiger partial charge in [0.1, 0.15) is 17.5 Å². The van der Waals surface area contributed by atoms with E-state index in [1.165, 1.54) is 12.1 Å². The van der Waals surface area contributed by atoms with Gasteiger partial charge in [0.25, 0.3) is 5.91 Å². The van der Waals surface area contributed by atoms with E-state index in [1.807, 2.05) is 11.8 Å². The lowest BCUT2D eigenvalue weighted by Gasteiger charge is -2.24. The third kappa shape index (κ3) is 5.23. The van der Waals surface area contributed by atoms with Crippen LogP contribution in [-0.2, 0) is 0 Å². The first kappa shape index (κ1) is 26.1. The summed E-state index contributed by atoms with van der Waals surface area (Å²) in [6, 6.07) is 13.3. The molecular formula is C29H32ClFN6O. The molecule has 1 atom stereocenters. The monoisotopic (exact) mass is 534 g/mol. The van der Waals surface area contributed by atoms with Crippen molar-refractivity contribution in [1.29, 1.82) is 0 Å². The third-order valence-electron chi connectivity index (χ3n) is 7.11. The molecule has 7 nitrogen and oxygen atoms in total. The Balaban J connectivity index is 1.52. The number of carbonyl (C=O) groups is 1. The molecule has 0 N–H and O–H groups in total. The Morgan fingerprint density at radius 3 is 2.47 bits per heavy atom. The maximum Gasteiger partial charge on any atom is 0.253 e. The SMILES string of the molecule is CCC[C@H](C)c1nc(N2CCCN(C(=O)c3ccc(Cl)cc3)CC2)c2c(C)nn(-c3ccc(F)cc3)c2n1. The largest absolute Gasteiger partial charge is 0.354 e. The van der Waals surface area contributed by atoms with Crippen molar-refractivity contribution in [2.24, 2.45) is 0 Å². The fraction of sp³-hybridized carbons (Fsp3) is 0.379. The van der Waals surface area contributed by atoms with Gasteiger partial charge in [-0.05, 0) is 68.3 Å². The van der Waals surface area contributed by atoms with Gasteiger partial charge in [0.05, 0.1) is 16.8 Å². The number of aromatic nitrogens is 4. The number of amides is 1. The topological polar surface area (TPSA) is 67.2 Å². The lowest BCUT2D eigenvalue weighted by Crippen LogP contribution is -2.35. The molecule has 0 spiro atoms. The van der Waals surface area contributed by atoms with Crippen LogP contribution < -0.4 is 4.90 Å². The van der Waals surface area contributed by atoms with E-state index in [0.29, 0.717) is 30.2 Å². The number of benzene rings is 2. The highest BCUT2D eigenvalue weighted by Crippen LogP contribution is 2.32. The number of fused-ring (bicyclic) bond motifs is 1. The first-order valence-electron chi connectivity index (χ1n) is 13.2. The lowest BCUT2D eigenvalue weighted by atomic mass is 10.1. The number of anilines is 1. The summed E-state index contributed by atoms with van der Waals surface area (Å²) in [6.45, 7) is 8.92. The molecule has 2 aromatic carbocycles. The summed E-state index contributed by atoms with van der Waals surface area (Å²) in [5.41, 5.74) is 2.92. The molecule has 2 aromatic heterocycles. The molecule has 3 heterocycles. The van der Waals surface area contributed by atoms with Gasteiger partial charge in [-0.2, -0.15) is 5.10 Å². The van der Waals surface area contributed by atoms with Crippen molar-refractivity contribution in [2.45, 2.75) is 46.0 Å². The summed E-state index contributed by atoms with van der Waals surface area (Å²) < 4.78 is 15.4. The van der Waals surface area contributed by atoms with Crippen LogP contribution in [0.3, 0.4) is 0 Å². The Morgan fingerprint density at radius 2 is 1.76 bits per heavy atom. The Labute approximate surface area is 227 Å². The molecule has 4 aromatic rings. The molecule has 0 saturated carbocycles. The van der Waals surface area contributed by atoms with Gasteiger partial charge in [-0.25, -0.2) is 19.0 Å². The van der Waals surface area contributed by atoms with Crippen LogP contribution in [0, 0.1) is 12.7 Å². The van der Waals surface area contributed by atoms with Crippen LogP contribution in [-0.4, -0.2) is 56.7 Å². The molecule has 0 bridgehead atoms. The highest BCUT2D eigenvalue weighted by atomic mass is 35.5. The number of aryl methyl sites for hydroxylation is 1. The van der Waals surface area contributed by atoms with Crippen molar-refractivity contribution >= 4 is 34.4 Å². The van der Waals surface area contributed by atoms with E-state index in [2.05, 4.69) is 18.7 Å². The van der Waals surface area contributed by atoms with Crippen LogP contribution in [0.2, 0.25) is 5.02 Å². The van der Waals surface area contributed by atoms with Gasteiger partial charge in [0, 0.05) is 42.7 Å². The van der Waals surface area contributed by atoms with Crippen LogP contribution in [0.4, 0.5) is 10.2 Å². The van der Waals surface area contributed by atoms with E-state index >= 15 is 0 Å². The fourth-order valence-electron chi connectivity index (χ4n) is 5.06. The predicted molar refractivity (Wildman–Crippen MR) is 149 cm³/mol. The van der Waals surface area contributed by atoms with E-state index in [-0.39, 0.29) is 17.6 Å². The molecule has 5 rings (SSSR count). The molecule has 1 aliphatic heterocycles. The zero-order chi connectivity index (χ0) is 26.8. The van der Waals surface area contributed by atoms with Crippen molar-refractivity contribution < 1.29 is 9.18 Å². The zero-order valence-electron chi connectivity index (χ0n) is 22.0. The standard InChI is InChI=1S/C29H32ClFN6O/c1-4-6-19(2)26-32-27(25-20(3)34-37(28(25)33-26)24-13-11-23(31)12-14-24)35-15-5-16-36(18-17-35)29(38)21-7-9-22(30)10-8-21/h7-14,19H,4-6,15-18H2,1-3H3/t19-/m0/s1. The van der Waals surface area contributed by atoms with Gasteiger partial charge in [-0.1, -0.05) is 31.9 Å². The van der Waals surface area contributed by atoms with E-state index in [9.17, 15) is 9.18 Å². The molecular weight excluding hydrogens is 503 g/mol. The van der Waals surface area contributed by atoms with Gasteiger partial charge >= 0.3 is 0 Å². The molecule has 0 unspecified atom stereocenters. The van der Waals surface area contributed by atoms with E-state index in [1.54, 1.807) is 41.1 Å². The highest BCUT2D eigenvalue weighted by Gasteiger charge is 2.26. The lowest BCUT2D eigenvalue weighted by molar-refractivity contribution is 0.0767. The summed E-state index contributed by atoms with van der Waals surface area (Å²) in [4.78, 5) is 27.4. The van der Waals surface area contributed by atoms with Crippen LogP contribution in [0.1, 0.15) is 60.9 Å². The molecule has 0 aliphatic carbocycles. The minimum atomic E-state index is -0.295. The molecule has 1 aliphatic rings. The van der Waals surface area contributed by atoms with Crippen LogP contribution in [0.15, 0.2) is 48.5 Å². The van der Waals surface area contributed by atoms with Gasteiger partial charge < -0.3 is 9.80 Å². The molecule has 1 amide bonds. The zero-order valence-corrected chi connectivity index (χ0v) is 22.7. The Kier molecular flexibility index (Phi) is 7.61. The van der Waals surface area contributed by atoms with E-state index in [4.69, 9.17) is 26.7 Å². The third-order valence-corrected chi connectivity index (χ3v) is 7.36. The van der Waals surface area contributed by atoms with Crippen molar-refractivity contribution in [1.82, 2.24) is 24.6 Å². The van der Waals surface area contributed by atoms with Gasteiger partial charge in [0.15, 0.2) is 5.65 Å². The molecule has 9 heteroatoms. The summed E-state index contributed by atoms with van der Waals surface area (Å²) >= 11 is 6.01. The number of hydrogen-bond acceptors (Lipinski definition) is 5. The highest BCUT2D eigenvalue weighted by molar-refractivity contribution is 6.30. The summed E-state index contributed by atoms with van der Waals surface area (Å²) in [5, 5.41) is 6.29. The first-order chi connectivity index (χ1) is 18.4. The second kappa shape index (κ2) is 11.1. The Bertz CT molecular complexity index is 1440. The fourth-order valence-corrected chi connectivity index (χ4v) is 5.19. The minimum Gasteiger partial charge on any atom is -0.354 e. The van der Waals surface area contributed by atoms with Crippen molar-refractivity contribution in [3.8, 4) is 5.69 Å². The van der Waals surface area contributed by atoms with Gasteiger partial charge in [-0.15, -0.1) is 0 Å². The molecule has 1 saturated heterocycles. The van der Waals surface area contributed by atoms with Gasteiger partial charge in [0.2, 0.25) is 0 Å². The molecule has 1 fully saturated rings. The average Bonchev–Trinajstić information content (AvgIpc) is 3.08. The smallest absolute Gasteiger partial charge is 0.253 e. The maximum atomic E-state index is 13.6. The average molecular weight is 535 g/mol. The molecule has 198 valence electrons. The quantitative estimate of drug-likeness (QED) is 0.296. The number of rotatable bonds is 6. The van der Waals surface area contributed by atoms with Crippen LogP contribution in [0.25, 0.3) is 16.7 Å². The minimum absolute atomic E-state index is 0.00826. The summed E-state index contributed by atoms with van der Waals surface area (Å²) in [7, 11) is 0. The first-order valence-corrected chi connectivity index (χ1v) is 13.6. The number of nitrogens with zero attached hydrogens (tertiary/aromatic N) is 6. The predicted octanol–water partition coefficient (Wildman–Crippen LogP) is 6.17. The van der Waals surface area contributed by atoms with E-state index < -0.39 is 0 Å². The number of hydrogen-bond donors (Lipinski definition) is 0. The normalized spacial score (nSPS) is 15.1. The van der Waals surface area contributed by atoms with Gasteiger partial charge in [-0.3, -0.25) is 4.79 Å². The number of carbonyl (C=O) groups excluding carboxylic acids is 1. The van der Waals surface area contributed by atoms with Crippen LogP contribution >= 0.6 is 11.6 Å². The summed E-state index contributed by atoms with van der Waals surface area (Å²) in [5.74, 6) is 1.51. The summed E-state index contributed by atoms with van der Waals surface area (Å²) in [6.07, 6.45) is 2.81. The number of halogens is 2. The Morgan fingerprint density at radius 1 is 1.03 bits per heavy atom. The van der Waals surface area contributed by atoms with Crippen molar-refractivity contribution in [2.75, 3.05) is 31.1 Å². The Hall–Kier alpha value is -3.52. The van der Waals surface area contributed by atoms with Crippen molar-refractivity contribution in [3.05, 3.63) is 76.5 Å². The second-order valence-electron chi connectivity index (χ2n) is 9.91. The molecule has 0 radical (unpaired) electrons. The van der Waals surface area contributed by atoms with E-state index in [0.717, 1.165) is 59.9 Å².